The second-order valence-electron chi connectivity index (χ2n) is 4.78. The monoisotopic (exact) mass is 338 g/mol. The van der Waals surface area contributed by atoms with Gasteiger partial charge in [0, 0.05) is 27.8 Å². The van der Waals surface area contributed by atoms with E-state index in [1.807, 2.05) is 0 Å². The second kappa shape index (κ2) is 5.01. The third-order valence-electron chi connectivity index (χ3n) is 3.49. The molecule has 1 N–H and O–H groups in total. The fourth-order valence-corrected chi connectivity index (χ4v) is 2.97. The van der Waals surface area contributed by atoms with E-state index in [0.29, 0.717) is 22.1 Å². The van der Waals surface area contributed by atoms with E-state index in [9.17, 15) is 14.3 Å². The lowest BCUT2D eigenvalue weighted by molar-refractivity contribution is 0.0690. The molecule has 0 unspecified atom stereocenters. The van der Waals surface area contributed by atoms with Crippen molar-refractivity contribution in [2.24, 2.45) is 0 Å². The summed E-state index contributed by atoms with van der Waals surface area (Å²) in [6.07, 6.45) is 2.66. The molecule has 0 aliphatic carbocycles. The predicted octanol–water partition coefficient (Wildman–Crippen LogP) is 3.49. The highest BCUT2D eigenvalue weighted by Crippen LogP contribution is 2.34. The lowest BCUT2D eigenvalue weighted by atomic mass is 9.98. The van der Waals surface area contributed by atoms with Gasteiger partial charge in [-0.1, -0.05) is 15.9 Å². The number of benzene rings is 1. The molecule has 1 aliphatic rings. The van der Waals surface area contributed by atoms with Gasteiger partial charge >= 0.3 is 5.97 Å². The zero-order chi connectivity index (χ0) is 14.3. The Morgan fingerprint density at radius 1 is 1.40 bits per heavy atom. The van der Waals surface area contributed by atoms with E-state index in [4.69, 9.17) is 0 Å². The third-order valence-corrected chi connectivity index (χ3v) is 3.98. The van der Waals surface area contributed by atoms with Gasteiger partial charge < -0.3 is 5.11 Å². The first-order valence-corrected chi connectivity index (χ1v) is 7.15. The minimum Gasteiger partial charge on any atom is -0.476 e. The maximum atomic E-state index is 14.1. The zero-order valence-electron chi connectivity index (χ0n) is 10.6. The van der Waals surface area contributed by atoms with Gasteiger partial charge in [-0.3, -0.25) is 4.68 Å². The Morgan fingerprint density at radius 3 is 2.95 bits per heavy atom. The van der Waals surface area contributed by atoms with Crippen molar-refractivity contribution < 1.29 is 14.3 Å². The minimum absolute atomic E-state index is 0.0705. The summed E-state index contributed by atoms with van der Waals surface area (Å²) in [6.45, 7) is 0.686. The molecule has 1 aromatic carbocycles. The molecule has 0 fully saturated rings. The van der Waals surface area contributed by atoms with Crippen LogP contribution >= 0.6 is 15.9 Å². The summed E-state index contributed by atoms with van der Waals surface area (Å²) in [6, 6.07) is 4.53. The summed E-state index contributed by atoms with van der Waals surface area (Å²) < 4.78 is 16.5. The summed E-state index contributed by atoms with van der Waals surface area (Å²) in [5, 5.41) is 13.5. The molecule has 20 heavy (non-hydrogen) atoms. The minimum atomic E-state index is -1.12. The van der Waals surface area contributed by atoms with Crippen LogP contribution in [-0.2, 0) is 13.0 Å². The van der Waals surface area contributed by atoms with E-state index in [1.54, 1.807) is 16.8 Å². The molecule has 0 radical (unpaired) electrons. The molecule has 2 heterocycles. The highest BCUT2D eigenvalue weighted by Gasteiger charge is 2.27. The number of aryl methyl sites for hydroxylation is 1. The molecule has 104 valence electrons. The van der Waals surface area contributed by atoms with E-state index in [2.05, 4.69) is 21.0 Å². The Morgan fingerprint density at radius 2 is 2.20 bits per heavy atom. The summed E-state index contributed by atoms with van der Waals surface area (Å²) in [5.74, 6) is -1.56. The molecule has 0 amide bonds. The second-order valence-corrected chi connectivity index (χ2v) is 5.70. The molecule has 6 heteroatoms. The normalized spacial score (nSPS) is 14.1. The van der Waals surface area contributed by atoms with Crippen molar-refractivity contribution in [1.29, 1.82) is 0 Å². The SMILES string of the molecule is O=C(O)c1nn2c(c1-c1cc(Br)ccc1F)CCCC2. The maximum Gasteiger partial charge on any atom is 0.357 e. The van der Waals surface area contributed by atoms with Crippen LogP contribution in [0.1, 0.15) is 29.0 Å². The first kappa shape index (κ1) is 13.3. The Kier molecular flexibility index (Phi) is 3.33. The number of carboxylic acids is 1. The van der Waals surface area contributed by atoms with E-state index >= 15 is 0 Å². The van der Waals surface area contributed by atoms with Crippen LogP contribution in [0, 0.1) is 5.82 Å². The zero-order valence-corrected chi connectivity index (χ0v) is 12.2. The molecule has 1 aromatic heterocycles. The van der Waals surface area contributed by atoms with Crippen molar-refractivity contribution in [3.8, 4) is 11.1 Å². The number of aromatic carboxylic acids is 1. The number of carboxylic acid groups (broad SMARTS) is 1. The summed E-state index contributed by atoms with van der Waals surface area (Å²) in [4.78, 5) is 11.4. The Bertz CT molecular complexity index is 697. The molecule has 0 bridgehead atoms. The van der Waals surface area contributed by atoms with Gasteiger partial charge in [0.15, 0.2) is 5.69 Å². The van der Waals surface area contributed by atoms with Crippen molar-refractivity contribution in [1.82, 2.24) is 9.78 Å². The molecular formula is C14H12BrFN2O2. The number of hydrogen-bond acceptors (Lipinski definition) is 2. The van der Waals surface area contributed by atoms with Gasteiger partial charge in [0.25, 0.3) is 0 Å². The van der Waals surface area contributed by atoms with Crippen LogP contribution in [0.2, 0.25) is 0 Å². The smallest absolute Gasteiger partial charge is 0.357 e. The molecule has 0 spiro atoms. The number of hydrogen-bond donors (Lipinski definition) is 1. The molecule has 1 aliphatic heterocycles. The van der Waals surface area contributed by atoms with Crippen molar-refractivity contribution in [3.05, 3.63) is 39.9 Å². The molecule has 0 atom stereocenters. The van der Waals surface area contributed by atoms with E-state index in [0.717, 1.165) is 25.0 Å². The van der Waals surface area contributed by atoms with E-state index in [1.165, 1.54) is 6.07 Å². The van der Waals surface area contributed by atoms with Crippen LogP contribution in [0.3, 0.4) is 0 Å². The topological polar surface area (TPSA) is 55.1 Å². The number of carbonyl (C=O) groups is 1. The lowest BCUT2D eigenvalue weighted by Crippen LogP contribution is -2.11. The molecular weight excluding hydrogens is 327 g/mol. The van der Waals surface area contributed by atoms with Crippen LogP contribution in [0.25, 0.3) is 11.1 Å². The van der Waals surface area contributed by atoms with Gasteiger partial charge in [-0.15, -0.1) is 0 Å². The predicted molar refractivity (Wildman–Crippen MR) is 75.2 cm³/mol. The first-order chi connectivity index (χ1) is 9.58. The molecule has 3 rings (SSSR count). The molecule has 0 saturated carbocycles. The Balaban J connectivity index is 2.28. The van der Waals surface area contributed by atoms with Crippen LogP contribution in [0.5, 0.6) is 0 Å². The van der Waals surface area contributed by atoms with Crippen molar-refractivity contribution in [3.63, 3.8) is 0 Å². The Hall–Kier alpha value is -1.69. The fourth-order valence-electron chi connectivity index (χ4n) is 2.61. The van der Waals surface area contributed by atoms with Crippen molar-refractivity contribution >= 4 is 21.9 Å². The number of nitrogens with zero attached hydrogens (tertiary/aromatic N) is 2. The fraction of sp³-hybridized carbons (Fsp3) is 0.286. The first-order valence-electron chi connectivity index (χ1n) is 6.36. The highest BCUT2D eigenvalue weighted by molar-refractivity contribution is 9.10. The third kappa shape index (κ3) is 2.14. The van der Waals surface area contributed by atoms with Crippen LogP contribution in [-0.4, -0.2) is 20.9 Å². The van der Waals surface area contributed by atoms with E-state index in [-0.39, 0.29) is 5.69 Å². The number of rotatable bonds is 2. The average molecular weight is 339 g/mol. The highest BCUT2D eigenvalue weighted by atomic mass is 79.9. The van der Waals surface area contributed by atoms with Gasteiger partial charge in [-0.05, 0) is 37.5 Å². The molecule has 0 saturated heterocycles. The standard InChI is InChI=1S/C14H12BrFN2O2/c15-8-4-5-10(16)9(7-8)12-11-3-1-2-6-18(11)17-13(12)14(19)20/h4-5,7H,1-3,6H2,(H,19,20). The lowest BCUT2D eigenvalue weighted by Gasteiger charge is -2.15. The number of aromatic nitrogens is 2. The summed E-state index contributed by atoms with van der Waals surface area (Å²) in [7, 11) is 0. The van der Waals surface area contributed by atoms with Gasteiger partial charge in [-0.25, -0.2) is 9.18 Å². The van der Waals surface area contributed by atoms with E-state index < -0.39 is 11.8 Å². The van der Waals surface area contributed by atoms with Crippen LogP contribution in [0.15, 0.2) is 22.7 Å². The van der Waals surface area contributed by atoms with Crippen molar-refractivity contribution in [2.45, 2.75) is 25.8 Å². The summed E-state index contributed by atoms with van der Waals surface area (Å²) >= 11 is 3.30. The average Bonchev–Trinajstić information content (AvgIpc) is 2.81. The van der Waals surface area contributed by atoms with Gasteiger partial charge in [-0.2, -0.15) is 5.10 Å². The molecule has 4 nitrogen and oxygen atoms in total. The maximum absolute atomic E-state index is 14.1. The molecule has 2 aromatic rings. The van der Waals surface area contributed by atoms with Crippen LogP contribution < -0.4 is 0 Å². The Labute approximate surface area is 123 Å². The van der Waals surface area contributed by atoms with Crippen LogP contribution in [0.4, 0.5) is 4.39 Å². The van der Waals surface area contributed by atoms with Gasteiger partial charge in [0.1, 0.15) is 5.82 Å². The van der Waals surface area contributed by atoms with Crippen molar-refractivity contribution in [2.75, 3.05) is 0 Å². The number of halogens is 2. The quantitative estimate of drug-likeness (QED) is 0.911. The largest absolute Gasteiger partial charge is 0.476 e. The van der Waals surface area contributed by atoms with Gasteiger partial charge in [0.2, 0.25) is 0 Å². The number of fused-ring (bicyclic) bond motifs is 1. The summed E-state index contributed by atoms with van der Waals surface area (Å²) in [5.41, 5.74) is 1.44. The van der Waals surface area contributed by atoms with Gasteiger partial charge in [0.05, 0.1) is 0 Å².